The highest BCUT2D eigenvalue weighted by atomic mass is 16.5. The summed E-state index contributed by atoms with van der Waals surface area (Å²) in [6.07, 6.45) is -4.36. The quantitative estimate of drug-likeness (QED) is 0.0418. The van der Waals surface area contributed by atoms with E-state index in [1.807, 2.05) is 0 Å². The van der Waals surface area contributed by atoms with Crippen LogP contribution in [0.25, 0.3) is 0 Å². The van der Waals surface area contributed by atoms with Crippen LogP contribution in [0.15, 0.2) is 0 Å². The number of nitrogens with one attached hydrogen (secondary N) is 4. The van der Waals surface area contributed by atoms with Crippen LogP contribution in [0.1, 0.15) is 215 Å². The van der Waals surface area contributed by atoms with E-state index in [4.69, 9.17) is 28.4 Å². The molecule has 0 rings (SSSR count). The van der Waals surface area contributed by atoms with Crippen molar-refractivity contribution < 1.29 is 118 Å². The SMILES string of the molecule is C.C.CCOCCOCC(=O)C(CCC(=O)NCCOCCOCC(=O)CC(CCC(=O)NC(CCC(=O)CC(CCC(C)=O)C(C)=O)C(=O)CC(CCC(C)=O)C(C)=O)C(=O)NC(CCC(=O)CC(CCC(C)=O)C(C)=O)C(=O)CC(CCC(C)=O)C(C)=O)C(=O)NCCOCCOC.[HH].[HH]. The van der Waals surface area contributed by atoms with E-state index in [9.17, 15) is 86.3 Å². The molecule has 0 bridgehead atoms. The summed E-state index contributed by atoms with van der Waals surface area (Å²) in [7, 11) is 1.52. The van der Waals surface area contributed by atoms with Gasteiger partial charge in [-0.3, -0.25) is 67.1 Å². The van der Waals surface area contributed by atoms with Crippen molar-refractivity contribution in [2.75, 3.05) is 92.9 Å². The van der Waals surface area contributed by atoms with Crippen LogP contribution in [0.2, 0.25) is 0 Å². The molecule has 0 spiro atoms. The number of carbonyl (C=O) groups is 18. The highest BCUT2D eigenvalue weighted by molar-refractivity contribution is 6.02. The molecule has 28 heteroatoms. The van der Waals surface area contributed by atoms with E-state index in [0.29, 0.717) is 19.8 Å². The van der Waals surface area contributed by atoms with Crippen LogP contribution in [0.4, 0.5) is 0 Å². The molecular formula is C72H122N4O24. The zero-order chi connectivity index (χ0) is 74.1. The molecule has 28 nitrogen and oxygen atoms in total. The third-order valence-corrected chi connectivity index (χ3v) is 16.3. The van der Waals surface area contributed by atoms with E-state index in [0.717, 1.165) is 0 Å². The van der Waals surface area contributed by atoms with Crippen molar-refractivity contribution in [2.45, 2.75) is 224 Å². The number of rotatable bonds is 65. The molecule has 0 heterocycles. The summed E-state index contributed by atoms with van der Waals surface area (Å²) in [6.45, 7) is 12.7. The van der Waals surface area contributed by atoms with Crippen LogP contribution in [0, 0.1) is 35.5 Å². The summed E-state index contributed by atoms with van der Waals surface area (Å²) in [5, 5.41) is 10.5. The van der Waals surface area contributed by atoms with Gasteiger partial charge < -0.3 is 68.9 Å². The molecule has 4 amide bonds. The second kappa shape index (κ2) is 57.6. The molecule has 0 saturated heterocycles. The fourth-order valence-corrected chi connectivity index (χ4v) is 10.2. The molecule has 0 aliphatic rings. The number of hydrogen-bond acceptors (Lipinski definition) is 24. The van der Waals surface area contributed by atoms with E-state index >= 15 is 0 Å². The van der Waals surface area contributed by atoms with Gasteiger partial charge in [0.2, 0.25) is 23.6 Å². The maximum Gasteiger partial charge on any atom is 0.230 e. The van der Waals surface area contributed by atoms with E-state index in [1.165, 1.54) is 62.5 Å². The van der Waals surface area contributed by atoms with Gasteiger partial charge in [0.15, 0.2) is 23.1 Å². The van der Waals surface area contributed by atoms with E-state index in [2.05, 4.69) is 21.3 Å². The standard InChI is InChI=1S/C70H110N4O24.2CH4.2H2/c1-11-94-34-36-98-44-66(88)61(70(92)72-29-31-95-33-32-93-10)23-27-67(89)71-28-30-96-35-37-97-43-60(85)40-57(69(91)74-63(65(87)42-56(52(9)82)19-15-48(5)78)25-22-59(84)39-54(50(7)80)17-13-46(3)76)20-26-68(90)73-62(64(86)41-55(51(8)81)18-14-47(4)77)24-21-58(83)38-53(49(6)79)16-12-45(2)75;;;;/h53-57,61-63H,11-44H2,1-10H3,(H,71,89)(H,72,92)(H,73,90)(H,74,91);2*1H4;2*1H. The van der Waals surface area contributed by atoms with Gasteiger partial charge in [0.25, 0.3) is 0 Å². The first-order valence-electron chi connectivity index (χ1n) is 34.0. The fraction of sp³-hybridized carbons (Fsp3) is 0.750. The lowest BCUT2D eigenvalue weighted by Gasteiger charge is -2.24. The van der Waals surface area contributed by atoms with Crippen molar-refractivity contribution in [1.82, 2.24) is 21.3 Å². The molecule has 0 aliphatic carbocycles. The predicted molar refractivity (Wildman–Crippen MR) is 373 cm³/mol. The van der Waals surface area contributed by atoms with Crippen LogP contribution in [0.3, 0.4) is 0 Å². The monoisotopic (exact) mass is 1430 g/mol. The maximum atomic E-state index is 14.6. The first kappa shape index (κ1) is 97.2. The van der Waals surface area contributed by atoms with Crippen LogP contribution in [0.5, 0.6) is 0 Å². The number of ketones is 14. The Morgan fingerprint density at radius 1 is 0.330 bits per heavy atom. The average Bonchev–Trinajstić information content (AvgIpc) is 0.877. The summed E-state index contributed by atoms with van der Waals surface area (Å²) in [6, 6.07) is -2.89. The van der Waals surface area contributed by atoms with Gasteiger partial charge in [-0.1, -0.05) is 14.9 Å². The van der Waals surface area contributed by atoms with E-state index < -0.39 is 156 Å². The Morgan fingerprint density at radius 3 is 1.13 bits per heavy atom. The highest BCUT2D eigenvalue weighted by Crippen LogP contribution is 2.23. The van der Waals surface area contributed by atoms with Gasteiger partial charge in [-0.15, -0.1) is 0 Å². The largest absolute Gasteiger partial charge is 0.382 e. The summed E-state index contributed by atoms with van der Waals surface area (Å²) < 4.78 is 32.0. The second-order valence-electron chi connectivity index (χ2n) is 25.0. The van der Waals surface area contributed by atoms with Crippen molar-refractivity contribution >= 4 is 105 Å². The summed E-state index contributed by atoms with van der Waals surface area (Å²) in [5.41, 5.74) is 0. The lowest BCUT2D eigenvalue weighted by atomic mass is 9.87. The molecule has 0 fully saturated rings. The Morgan fingerprint density at radius 2 is 0.700 bits per heavy atom. The molecule has 100 heavy (non-hydrogen) atoms. The number of Topliss-reactive ketones (excluding diaryl/α,β-unsaturated/α-hetero) is 14. The number of amides is 4. The Labute approximate surface area is 593 Å². The Kier molecular flexibility index (Phi) is 56.0. The minimum atomic E-state index is -1.48. The molecule has 0 radical (unpaired) electrons. The zero-order valence-corrected chi connectivity index (χ0v) is 59.5. The molecule has 0 aliphatic heterocycles. The molecule has 4 N–H and O–H groups in total. The molecule has 8 unspecified atom stereocenters. The third-order valence-electron chi connectivity index (χ3n) is 16.3. The topological polar surface area (TPSA) is 411 Å². The smallest absolute Gasteiger partial charge is 0.230 e. The lowest BCUT2D eigenvalue weighted by molar-refractivity contribution is -0.138. The predicted octanol–water partition coefficient (Wildman–Crippen LogP) is 5.72. The Bertz CT molecular complexity index is 2670. The van der Waals surface area contributed by atoms with Crippen LogP contribution in [-0.2, 0) is 115 Å². The van der Waals surface area contributed by atoms with Crippen molar-refractivity contribution in [1.29, 1.82) is 0 Å². The number of ether oxygens (including phenoxy) is 6. The molecule has 8 atom stereocenters. The first-order valence-corrected chi connectivity index (χ1v) is 34.0. The number of hydrogen-bond donors (Lipinski definition) is 4. The molecule has 0 aromatic carbocycles. The normalized spacial score (nSPS) is 13.3. The first-order chi connectivity index (χ1) is 46.3. The van der Waals surface area contributed by atoms with Gasteiger partial charge in [0.1, 0.15) is 71.0 Å². The van der Waals surface area contributed by atoms with Crippen LogP contribution >= 0.6 is 0 Å². The lowest BCUT2D eigenvalue weighted by Crippen LogP contribution is -2.46. The van der Waals surface area contributed by atoms with Crippen molar-refractivity contribution in [3.63, 3.8) is 0 Å². The highest BCUT2D eigenvalue weighted by Gasteiger charge is 2.34. The van der Waals surface area contributed by atoms with Gasteiger partial charge in [-0.05, 0) is 114 Å². The third kappa shape index (κ3) is 48.7. The van der Waals surface area contributed by atoms with Gasteiger partial charge in [-0.25, -0.2) is 0 Å². The molecular weight excluding hydrogens is 1300 g/mol. The fourth-order valence-electron chi connectivity index (χ4n) is 10.2. The average molecular weight is 1430 g/mol. The van der Waals surface area contributed by atoms with Crippen molar-refractivity contribution in [2.24, 2.45) is 35.5 Å². The molecule has 0 aromatic heterocycles. The second-order valence-corrected chi connectivity index (χ2v) is 25.0. The van der Waals surface area contributed by atoms with Gasteiger partial charge in [0.05, 0.1) is 70.9 Å². The van der Waals surface area contributed by atoms with Gasteiger partial charge in [0, 0.05) is 143 Å². The molecule has 0 saturated carbocycles. The van der Waals surface area contributed by atoms with Crippen LogP contribution < -0.4 is 21.3 Å². The summed E-state index contributed by atoms with van der Waals surface area (Å²) >= 11 is 0. The minimum absolute atomic E-state index is 0. The Balaban J connectivity index is -0.00000784. The van der Waals surface area contributed by atoms with Crippen molar-refractivity contribution in [3.05, 3.63) is 0 Å². The summed E-state index contributed by atoms with van der Waals surface area (Å²) in [4.78, 5) is 234. The maximum absolute atomic E-state index is 14.6. The van der Waals surface area contributed by atoms with E-state index in [1.54, 1.807) is 6.92 Å². The van der Waals surface area contributed by atoms with Gasteiger partial charge in [-0.2, -0.15) is 0 Å². The van der Waals surface area contributed by atoms with Crippen LogP contribution in [-0.4, -0.2) is 210 Å². The Hall–Kier alpha value is -6.98. The minimum Gasteiger partial charge on any atom is -0.382 e. The van der Waals surface area contributed by atoms with E-state index in [-0.39, 0.29) is 214 Å². The zero-order valence-electron chi connectivity index (χ0n) is 59.5. The number of methoxy groups -OCH3 is 1. The molecule has 0 aromatic rings. The number of carbonyl (C=O) groups excluding carboxylic acids is 18. The van der Waals surface area contributed by atoms with Gasteiger partial charge >= 0.3 is 0 Å². The molecule has 574 valence electrons. The van der Waals surface area contributed by atoms with Crippen molar-refractivity contribution in [3.8, 4) is 0 Å². The summed E-state index contributed by atoms with van der Waals surface area (Å²) in [5.74, 6) is -14.8.